The lowest BCUT2D eigenvalue weighted by atomic mass is 10.2. The van der Waals surface area contributed by atoms with Gasteiger partial charge in [0, 0.05) is 11.6 Å². The van der Waals surface area contributed by atoms with E-state index >= 15 is 0 Å². The van der Waals surface area contributed by atoms with Gasteiger partial charge in [-0.05, 0) is 36.4 Å². The molecule has 0 aliphatic rings. The average molecular weight is 390 g/mol. The maximum absolute atomic E-state index is 13.3. The van der Waals surface area contributed by atoms with Gasteiger partial charge in [0.05, 0.1) is 22.3 Å². The topological polar surface area (TPSA) is 32.3 Å². The predicted molar refractivity (Wildman–Crippen MR) is 97.5 cm³/mol. The summed E-state index contributed by atoms with van der Waals surface area (Å²) in [4.78, 5) is 14.1. The summed E-state index contributed by atoms with van der Waals surface area (Å²) < 4.78 is 13.3. The van der Waals surface area contributed by atoms with Crippen LogP contribution in [0.4, 0.5) is 10.1 Å². The van der Waals surface area contributed by atoms with Crippen LogP contribution in [0.5, 0.6) is 0 Å². The zero-order valence-electron chi connectivity index (χ0n) is 13.0. The first kappa shape index (κ1) is 19.0. The maximum Gasteiger partial charge on any atom is 0.238 e. The third kappa shape index (κ3) is 5.35. The Morgan fingerprint density at radius 1 is 1.17 bits per heavy atom. The summed E-state index contributed by atoms with van der Waals surface area (Å²) in [6.45, 7) is 3.15. The van der Waals surface area contributed by atoms with Crippen molar-refractivity contribution in [3.63, 3.8) is 0 Å². The molecule has 2 rings (SSSR count). The second-order valence-electron chi connectivity index (χ2n) is 5.23. The molecule has 0 aliphatic carbocycles. The van der Waals surface area contributed by atoms with Crippen LogP contribution >= 0.6 is 34.8 Å². The van der Waals surface area contributed by atoms with Crippen molar-refractivity contribution in [2.75, 3.05) is 18.4 Å². The standard InChI is InChI=1S/C17H16Cl3FN2O/c1-2-23(9-11-4-3-5-13(21)6-11)10-16(24)22-17-14(19)7-12(18)8-15(17)20/h3-8H,2,9-10H2,1H3,(H,22,24). The lowest BCUT2D eigenvalue weighted by Crippen LogP contribution is -2.32. The third-order valence-electron chi connectivity index (χ3n) is 3.38. The van der Waals surface area contributed by atoms with Gasteiger partial charge in [-0.1, -0.05) is 53.9 Å². The molecule has 7 heteroatoms. The minimum atomic E-state index is -0.298. The molecule has 0 aliphatic heterocycles. The number of benzene rings is 2. The summed E-state index contributed by atoms with van der Waals surface area (Å²) in [5.74, 6) is -0.563. The molecule has 1 amide bonds. The van der Waals surface area contributed by atoms with Crippen LogP contribution in [-0.4, -0.2) is 23.9 Å². The molecule has 0 fully saturated rings. The van der Waals surface area contributed by atoms with Gasteiger partial charge in [0.15, 0.2) is 0 Å². The highest BCUT2D eigenvalue weighted by atomic mass is 35.5. The van der Waals surface area contributed by atoms with Crippen LogP contribution in [0.1, 0.15) is 12.5 Å². The summed E-state index contributed by atoms with van der Waals surface area (Å²) in [5.41, 5.74) is 1.13. The van der Waals surface area contributed by atoms with Crippen LogP contribution in [0.15, 0.2) is 36.4 Å². The molecule has 0 saturated heterocycles. The molecule has 2 aromatic rings. The lowest BCUT2D eigenvalue weighted by Gasteiger charge is -2.20. The molecule has 0 unspecified atom stereocenters. The van der Waals surface area contributed by atoms with Crippen LogP contribution in [-0.2, 0) is 11.3 Å². The summed E-state index contributed by atoms with van der Waals surface area (Å²) in [6, 6.07) is 9.32. The normalized spacial score (nSPS) is 10.9. The fraction of sp³-hybridized carbons (Fsp3) is 0.235. The number of carbonyl (C=O) groups excluding carboxylic acids is 1. The number of nitrogens with one attached hydrogen (secondary N) is 1. The highest BCUT2D eigenvalue weighted by molar-refractivity contribution is 6.42. The van der Waals surface area contributed by atoms with Gasteiger partial charge in [-0.15, -0.1) is 0 Å². The molecule has 24 heavy (non-hydrogen) atoms. The van der Waals surface area contributed by atoms with Gasteiger partial charge < -0.3 is 5.32 Å². The molecule has 0 radical (unpaired) electrons. The molecular weight excluding hydrogens is 374 g/mol. The van der Waals surface area contributed by atoms with Crippen LogP contribution in [0.25, 0.3) is 0 Å². The molecule has 0 spiro atoms. The summed E-state index contributed by atoms with van der Waals surface area (Å²) in [5, 5.41) is 3.63. The molecule has 3 nitrogen and oxygen atoms in total. The molecule has 0 heterocycles. The number of nitrogens with zero attached hydrogens (tertiary/aromatic N) is 1. The molecule has 0 bridgehead atoms. The van der Waals surface area contributed by atoms with E-state index in [1.54, 1.807) is 6.07 Å². The van der Waals surface area contributed by atoms with Crippen molar-refractivity contribution in [2.45, 2.75) is 13.5 Å². The van der Waals surface area contributed by atoms with Crippen molar-refractivity contribution in [3.8, 4) is 0 Å². The van der Waals surface area contributed by atoms with Crippen molar-refractivity contribution in [1.82, 2.24) is 4.90 Å². The fourth-order valence-electron chi connectivity index (χ4n) is 2.22. The number of carbonyl (C=O) groups is 1. The minimum Gasteiger partial charge on any atom is -0.322 e. The average Bonchev–Trinajstić information content (AvgIpc) is 2.50. The molecule has 0 atom stereocenters. The van der Waals surface area contributed by atoms with Gasteiger partial charge in [-0.2, -0.15) is 0 Å². The molecule has 0 saturated carbocycles. The summed E-state index contributed by atoms with van der Waals surface area (Å²) in [6.07, 6.45) is 0. The van der Waals surface area contributed by atoms with E-state index in [1.165, 1.54) is 24.3 Å². The van der Waals surface area contributed by atoms with E-state index in [9.17, 15) is 9.18 Å². The van der Waals surface area contributed by atoms with Gasteiger partial charge >= 0.3 is 0 Å². The van der Waals surface area contributed by atoms with E-state index < -0.39 is 0 Å². The van der Waals surface area contributed by atoms with Gasteiger partial charge in [0.2, 0.25) is 5.91 Å². The minimum absolute atomic E-state index is 0.127. The van der Waals surface area contributed by atoms with Gasteiger partial charge in [-0.3, -0.25) is 9.69 Å². The number of hydrogen-bond donors (Lipinski definition) is 1. The Morgan fingerprint density at radius 3 is 2.42 bits per heavy atom. The van der Waals surface area contributed by atoms with Crippen LogP contribution in [0.2, 0.25) is 15.1 Å². The van der Waals surface area contributed by atoms with E-state index in [0.717, 1.165) is 5.56 Å². The molecule has 128 valence electrons. The molecular formula is C17H16Cl3FN2O. The quantitative estimate of drug-likeness (QED) is 0.732. The van der Waals surface area contributed by atoms with E-state index in [1.807, 2.05) is 17.9 Å². The number of amides is 1. The Balaban J connectivity index is 2.02. The van der Waals surface area contributed by atoms with E-state index in [2.05, 4.69) is 5.32 Å². The van der Waals surface area contributed by atoms with Crippen molar-refractivity contribution in [2.24, 2.45) is 0 Å². The zero-order valence-corrected chi connectivity index (χ0v) is 15.2. The number of hydrogen-bond acceptors (Lipinski definition) is 2. The number of likely N-dealkylation sites (N-methyl/N-ethyl adjacent to an activating group) is 1. The number of halogens is 4. The summed E-state index contributed by atoms with van der Waals surface area (Å²) in [7, 11) is 0. The maximum atomic E-state index is 13.3. The smallest absolute Gasteiger partial charge is 0.238 e. The highest BCUT2D eigenvalue weighted by Gasteiger charge is 2.14. The Kier molecular flexibility index (Phi) is 6.87. The first-order valence-electron chi connectivity index (χ1n) is 7.30. The Hall–Kier alpha value is -1.33. The number of anilines is 1. The van der Waals surface area contributed by atoms with Gasteiger partial charge in [-0.25, -0.2) is 4.39 Å². The summed E-state index contributed by atoms with van der Waals surface area (Å²) >= 11 is 18.0. The predicted octanol–water partition coefficient (Wildman–Crippen LogP) is 5.25. The van der Waals surface area contributed by atoms with Gasteiger partial charge in [0.1, 0.15) is 5.82 Å². The van der Waals surface area contributed by atoms with Crippen molar-refractivity contribution >= 4 is 46.4 Å². The zero-order chi connectivity index (χ0) is 17.7. The molecule has 1 N–H and O–H groups in total. The highest BCUT2D eigenvalue weighted by Crippen LogP contribution is 2.33. The SMILES string of the molecule is CCN(CC(=O)Nc1c(Cl)cc(Cl)cc1Cl)Cc1cccc(F)c1. The van der Waals surface area contributed by atoms with Crippen LogP contribution in [0, 0.1) is 5.82 Å². The Bertz CT molecular complexity index is 717. The van der Waals surface area contributed by atoms with E-state index in [-0.39, 0.29) is 28.3 Å². The molecule has 0 aromatic heterocycles. The van der Waals surface area contributed by atoms with Crippen molar-refractivity contribution in [1.29, 1.82) is 0 Å². The van der Waals surface area contributed by atoms with Crippen molar-refractivity contribution in [3.05, 3.63) is 62.8 Å². The van der Waals surface area contributed by atoms with E-state index in [4.69, 9.17) is 34.8 Å². The van der Waals surface area contributed by atoms with Crippen LogP contribution in [0.3, 0.4) is 0 Å². The third-order valence-corrected chi connectivity index (χ3v) is 4.20. The van der Waals surface area contributed by atoms with E-state index in [0.29, 0.717) is 23.8 Å². The van der Waals surface area contributed by atoms with Crippen molar-refractivity contribution < 1.29 is 9.18 Å². The van der Waals surface area contributed by atoms with Gasteiger partial charge in [0.25, 0.3) is 0 Å². The first-order chi connectivity index (χ1) is 11.4. The number of rotatable bonds is 6. The first-order valence-corrected chi connectivity index (χ1v) is 8.43. The second kappa shape index (κ2) is 8.67. The second-order valence-corrected chi connectivity index (χ2v) is 6.48. The Labute approximate surface area is 155 Å². The largest absolute Gasteiger partial charge is 0.322 e. The fourth-order valence-corrected chi connectivity index (χ4v) is 3.13. The molecule has 2 aromatic carbocycles. The Morgan fingerprint density at radius 2 is 1.83 bits per heavy atom. The van der Waals surface area contributed by atoms with Crippen LogP contribution < -0.4 is 5.32 Å². The lowest BCUT2D eigenvalue weighted by molar-refractivity contribution is -0.117. The monoisotopic (exact) mass is 388 g/mol.